The Morgan fingerprint density at radius 3 is 1.00 bits per heavy atom. The van der Waals surface area contributed by atoms with Gasteiger partial charge in [-0.2, -0.15) is 0 Å². The van der Waals surface area contributed by atoms with E-state index < -0.39 is 6.10 Å². The smallest absolute Gasteiger partial charge is 0.306 e. The molecule has 0 saturated carbocycles. The fourth-order valence-corrected chi connectivity index (χ4v) is 6.74. The SMILES string of the molecule is CC/C=C\C/C=C\C/C=C\C/C=C\C/C=C\CCCCCC(=O)OCC(COCCCCCCC/C=C\C/C=C\C/C=C\C/C=C\CC)OC(=O)CCC/C=C\C/C=C\C/C=C\C/C=C\C/C=C\CC. The van der Waals surface area contributed by atoms with Gasteiger partial charge < -0.3 is 14.2 Å². The van der Waals surface area contributed by atoms with Crippen LogP contribution in [-0.4, -0.2) is 37.9 Å². The number of unbranched alkanes of at least 4 members (excludes halogenated alkanes) is 9. The molecule has 0 bridgehead atoms. The molecular formula is C65H100O5. The lowest BCUT2D eigenvalue weighted by molar-refractivity contribution is -0.162. The van der Waals surface area contributed by atoms with E-state index in [2.05, 4.69) is 191 Å². The van der Waals surface area contributed by atoms with Crippen molar-refractivity contribution in [3.8, 4) is 0 Å². The lowest BCUT2D eigenvalue weighted by Gasteiger charge is -2.18. The first-order valence-corrected chi connectivity index (χ1v) is 27.7. The molecule has 0 amide bonds. The summed E-state index contributed by atoms with van der Waals surface area (Å²) in [6.07, 6.45) is 88.0. The molecule has 0 spiro atoms. The molecule has 0 fully saturated rings. The van der Waals surface area contributed by atoms with Gasteiger partial charge in [0.15, 0.2) is 6.10 Å². The van der Waals surface area contributed by atoms with Crippen LogP contribution in [0.15, 0.2) is 170 Å². The van der Waals surface area contributed by atoms with Gasteiger partial charge in [0.25, 0.3) is 0 Å². The predicted molar refractivity (Wildman–Crippen MR) is 306 cm³/mol. The topological polar surface area (TPSA) is 61.8 Å². The van der Waals surface area contributed by atoms with Crippen molar-refractivity contribution in [3.05, 3.63) is 170 Å². The molecule has 390 valence electrons. The van der Waals surface area contributed by atoms with Crippen LogP contribution in [0.2, 0.25) is 0 Å². The van der Waals surface area contributed by atoms with Gasteiger partial charge in [0, 0.05) is 19.4 Å². The van der Waals surface area contributed by atoms with Crippen LogP contribution in [0.5, 0.6) is 0 Å². The number of carbonyl (C=O) groups is 2. The fraction of sp³-hybridized carbons (Fsp3) is 0.538. The fourth-order valence-electron chi connectivity index (χ4n) is 6.74. The second-order valence-electron chi connectivity index (χ2n) is 17.3. The van der Waals surface area contributed by atoms with E-state index in [9.17, 15) is 9.59 Å². The summed E-state index contributed by atoms with van der Waals surface area (Å²) in [7, 11) is 0. The zero-order valence-corrected chi connectivity index (χ0v) is 44.7. The Kier molecular flexibility index (Phi) is 54.6. The summed E-state index contributed by atoms with van der Waals surface area (Å²) < 4.78 is 17.4. The van der Waals surface area contributed by atoms with E-state index in [4.69, 9.17) is 14.2 Å². The van der Waals surface area contributed by atoms with Gasteiger partial charge in [-0.05, 0) is 141 Å². The van der Waals surface area contributed by atoms with E-state index in [0.717, 1.165) is 141 Å². The quantitative estimate of drug-likeness (QED) is 0.0345. The molecule has 0 aromatic rings. The van der Waals surface area contributed by atoms with Crippen molar-refractivity contribution >= 4 is 11.9 Å². The first-order valence-electron chi connectivity index (χ1n) is 27.7. The van der Waals surface area contributed by atoms with Gasteiger partial charge in [0.1, 0.15) is 6.61 Å². The monoisotopic (exact) mass is 961 g/mol. The summed E-state index contributed by atoms with van der Waals surface area (Å²) in [6, 6.07) is 0. The largest absolute Gasteiger partial charge is 0.462 e. The van der Waals surface area contributed by atoms with Crippen molar-refractivity contribution in [2.75, 3.05) is 19.8 Å². The second kappa shape index (κ2) is 58.6. The van der Waals surface area contributed by atoms with Gasteiger partial charge in [0.2, 0.25) is 0 Å². The molecule has 0 N–H and O–H groups in total. The van der Waals surface area contributed by atoms with Crippen LogP contribution in [0.1, 0.15) is 201 Å². The van der Waals surface area contributed by atoms with Crippen LogP contribution in [0.4, 0.5) is 0 Å². The normalized spacial score (nSPS) is 13.6. The highest BCUT2D eigenvalue weighted by molar-refractivity contribution is 5.70. The third-order valence-corrected chi connectivity index (χ3v) is 10.7. The van der Waals surface area contributed by atoms with Crippen molar-refractivity contribution in [1.82, 2.24) is 0 Å². The minimum absolute atomic E-state index is 0.0245. The van der Waals surface area contributed by atoms with Crippen molar-refractivity contribution in [3.63, 3.8) is 0 Å². The van der Waals surface area contributed by atoms with Gasteiger partial charge >= 0.3 is 11.9 Å². The standard InChI is InChI=1S/C65H100O5/c1-4-7-10-13-16-19-22-25-28-31-33-35-37-40-43-46-49-52-55-58-64(66)69-62-63(61-68-60-57-54-51-48-45-42-39-36-32-29-26-23-20-17-14-11-8-5-2)70-65(67)59-56-53-50-47-44-41-38-34-30-27-24-21-18-15-12-9-6-3/h7-12,16-21,25-30,33,35-36,38-41,43,47,50,63H,4-6,13-15,22-24,31-32,34,37,42,44-46,48-49,51-62H2,1-3H3/b10-7-,11-8-,12-9-,19-16-,20-17-,21-18-,28-25-,29-26-,30-27-,35-33-,39-36-,41-38-,43-40-,50-47-. The van der Waals surface area contributed by atoms with Crippen molar-refractivity contribution in [2.24, 2.45) is 0 Å². The maximum Gasteiger partial charge on any atom is 0.306 e. The number of rotatable bonds is 48. The number of hydrogen-bond acceptors (Lipinski definition) is 5. The number of carbonyl (C=O) groups excluding carboxylic acids is 2. The van der Waals surface area contributed by atoms with E-state index in [1.54, 1.807) is 0 Å². The lowest BCUT2D eigenvalue weighted by Crippen LogP contribution is -2.30. The number of esters is 2. The molecule has 0 aliphatic carbocycles. The Morgan fingerprint density at radius 1 is 0.314 bits per heavy atom. The highest BCUT2D eigenvalue weighted by Gasteiger charge is 2.17. The van der Waals surface area contributed by atoms with Gasteiger partial charge in [-0.1, -0.05) is 217 Å². The van der Waals surface area contributed by atoms with Gasteiger partial charge in [-0.25, -0.2) is 0 Å². The Morgan fingerprint density at radius 2 is 0.614 bits per heavy atom. The summed E-state index contributed by atoms with van der Waals surface area (Å²) in [6.45, 7) is 7.32. The number of allylic oxidation sites excluding steroid dienone is 28. The zero-order valence-electron chi connectivity index (χ0n) is 44.7. The molecule has 70 heavy (non-hydrogen) atoms. The van der Waals surface area contributed by atoms with Crippen molar-refractivity contribution in [2.45, 2.75) is 207 Å². The van der Waals surface area contributed by atoms with Gasteiger partial charge in [0.05, 0.1) is 6.61 Å². The summed E-state index contributed by atoms with van der Waals surface area (Å²) in [5, 5.41) is 0. The third kappa shape index (κ3) is 55.9. The summed E-state index contributed by atoms with van der Waals surface area (Å²) in [5.74, 6) is -0.528. The molecule has 0 heterocycles. The Balaban J connectivity index is 4.52. The molecule has 0 aromatic heterocycles. The van der Waals surface area contributed by atoms with E-state index >= 15 is 0 Å². The van der Waals surface area contributed by atoms with Crippen LogP contribution in [-0.2, 0) is 23.8 Å². The van der Waals surface area contributed by atoms with Crippen LogP contribution in [0, 0.1) is 0 Å². The predicted octanol–water partition coefficient (Wildman–Crippen LogP) is 19.2. The van der Waals surface area contributed by atoms with Crippen LogP contribution >= 0.6 is 0 Å². The maximum atomic E-state index is 12.8. The van der Waals surface area contributed by atoms with Gasteiger partial charge in [-0.15, -0.1) is 0 Å². The number of ether oxygens (including phenoxy) is 3. The minimum Gasteiger partial charge on any atom is -0.462 e. The van der Waals surface area contributed by atoms with Crippen LogP contribution in [0.3, 0.4) is 0 Å². The highest BCUT2D eigenvalue weighted by Crippen LogP contribution is 2.10. The molecule has 0 radical (unpaired) electrons. The van der Waals surface area contributed by atoms with E-state index in [1.807, 2.05) is 0 Å². The summed E-state index contributed by atoms with van der Waals surface area (Å²) in [5.41, 5.74) is 0. The highest BCUT2D eigenvalue weighted by atomic mass is 16.6. The van der Waals surface area contributed by atoms with Crippen LogP contribution < -0.4 is 0 Å². The van der Waals surface area contributed by atoms with Gasteiger partial charge in [-0.3, -0.25) is 9.59 Å². The van der Waals surface area contributed by atoms with E-state index in [1.165, 1.54) is 19.3 Å². The van der Waals surface area contributed by atoms with Crippen molar-refractivity contribution in [1.29, 1.82) is 0 Å². The molecular weight excluding hydrogens is 861 g/mol. The molecule has 5 nitrogen and oxygen atoms in total. The Bertz CT molecular complexity index is 1600. The van der Waals surface area contributed by atoms with E-state index in [0.29, 0.717) is 25.9 Å². The minimum atomic E-state index is -0.605. The Labute approximate surface area is 430 Å². The van der Waals surface area contributed by atoms with Crippen molar-refractivity contribution < 1.29 is 23.8 Å². The average molecular weight is 962 g/mol. The average Bonchev–Trinajstić information content (AvgIpc) is 3.36. The van der Waals surface area contributed by atoms with Crippen LogP contribution in [0.25, 0.3) is 0 Å². The summed E-state index contributed by atoms with van der Waals surface area (Å²) in [4.78, 5) is 25.5. The number of hydrogen-bond donors (Lipinski definition) is 0. The molecule has 0 rings (SSSR count). The van der Waals surface area contributed by atoms with E-state index in [-0.39, 0.29) is 25.2 Å². The lowest BCUT2D eigenvalue weighted by atomic mass is 10.1. The molecule has 0 aliphatic rings. The molecule has 5 heteroatoms. The maximum absolute atomic E-state index is 12.8. The first kappa shape index (κ1) is 65.3. The summed E-state index contributed by atoms with van der Waals surface area (Å²) >= 11 is 0. The third-order valence-electron chi connectivity index (χ3n) is 10.7. The molecule has 0 saturated heterocycles. The molecule has 0 aliphatic heterocycles. The molecule has 1 unspecified atom stereocenters. The zero-order chi connectivity index (χ0) is 50.6. The molecule has 1 atom stereocenters. The first-order chi connectivity index (χ1) is 34.6. The second-order valence-corrected chi connectivity index (χ2v) is 17.3. The Hall–Kier alpha value is -4.74. The molecule has 0 aromatic carbocycles.